The zero-order chi connectivity index (χ0) is 22.3. The molecule has 3 heterocycles. The molecule has 0 fully saturated rings. The van der Waals surface area contributed by atoms with Gasteiger partial charge in [-0.25, -0.2) is 0 Å². The van der Waals surface area contributed by atoms with Crippen LogP contribution in [0.3, 0.4) is 0 Å². The smallest absolute Gasteiger partial charge is 0.0607 e. The van der Waals surface area contributed by atoms with Crippen LogP contribution >= 0.6 is 11.3 Å². The van der Waals surface area contributed by atoms with Gasteiger partial charge in [0.2, 0.25) is 0 Å². The molecule has 5 heteroatoms. The number of pyridine rings is 2. The summed E-state index contributed by atoms with van der Waals surface area (Å²) in [5.41, 5.74) is 6.40. The van der Waals surface area contributed by atoms with E-state index in [-0.39, 0.29) is 0 Å². The summed E-state index contributed by atoms with van der Waals surface area (Å²) in [6.45, 7) is 3.52. The van der Waals surface area contributed by atoms with Crippen LogP contribution in [-0.2, 0) is 32.6 Å². The van der Waals surface area contributed by atoms with E-state index in [1.807, 2.05) is 35.9 Å². The highest BCUT2D eigenvalue weighted by atomic mass is 32.1. The van der Waals surface area contributed by atoms with Crippen molar-refractivity contribution in [3.63, 3.8) is 0 Å². The Morgan fingerprint density at radius 2 is 1.73 bits per heavy atom. The molecule has 1 aliphatic carbocycles. The van der Waals surface area contributed by atoms with E-state index in [1.165, 1.54) is 40.1 Å². The molecule has 1 aromatic carbocycles. The van der Waals surface area contributed by atoms with E-state index in [9.17, 15) is 0 Å². The van der Waals surface area contributed by atoms with Crippen molar-refractivity contribution in [3.8, 4) is 0 Å². The van der Waals surface area contributed by atoms with Gasteiger partial charge in [-0.3, -0.25) is 14.9 Å². The molecule has 1 N–H and O–H groups in total. The van der Waals surface area contributed by atoms with Gasteiger partial charge in [-0.2, -0.15) is 0 Å². The zero-order valence-electron chi connectivity index (χ0n) is 18.9. The molecule has 4 aromatic rings. The number of aromatic nitrogens is 2. The molecule has 1 atom stereocenters. The molecule has 0 bridgehead atoms. The van der Waals surface area contributed by atoms with Crippen molar-refractivity contribution in [1.82, 2.24) is 20.2 Å². The van der Waals surface area contributed by atoms with Gasteiger partial charge < -0.3 is 5.32 Å². The van der Waals surface area contributed by atoms with Crippen molar-refractivity contribution < 1.29 is 0 Å². The van der Waals surface area contributed by atoms with E-state index in [0.717, 1.165) is 38.3 Å². The van der Waals surface area contributed by atoms with Crippen molar-refractivity contribution in [2.75, 3.05) is 0 Å². The maximum absolute atomic E-state index is 4.81. The average Bonchev–Trinajstić information content (AvgIpc) is 3.38. The second-order valence-corrected chi connectivity index (χ2v) is 9.71. The summed E-state index contributed by atoms with van der Waals surface area (Å²) in [6.07, 6.45) is 7.34. The zero-order valence-corrected chi connectivity index (χ0v) is 19.7. The van der Waals surface area contributed by atoms with Crippen LogP contribution in [0.15, 0.2) is 84.5 Å². The minimum absolute atomic E-state index is 0.372. The maximum atomic E-state index is 4.81. The van der Waals surface area contributed by atoms with Crippen LogP contribution in [0.4, 0.5) is 0 Å². The van der Waals surface area contributed by atoms with Crippen LogP contribution in [0.1, 0.15) is 51.8 Å². The summed E-state index contributed by atoms with van der Waals surface area (Å²) >= 11 is 1.84. The molecule has 3 aromatic heterocycles. The number of hydrogen-bond donors (Lipinski definition) is 1. The Hall–Kier alpha value is -2.86. The van der Waals surface area contributed by atoms with Gasteiger partial charge in [0.1, 0.15) is 0 Å². The largest absolute Gasteiger partial charge is 0.307 e. The third kappa shape index (κ3) is 5.74. The van der Waals surface area contributed by atoms with Crippen molar-refractivity contribution >= 4 is 11.3 Å². The quantitative estimate of drug-likeness (QED) is 0.341. The van der Waals surface area contributed by atoms with Crippen molar-refractivity contribution in [2.45, 2.75) is 51.5 Å². The van der Waals surface area contributed by atoms with E-state index < -0.39 is 0 Å². The molecule has 1 unspecified atom stereocenters. The van der Waals surface area contributed by atoms with E-state index in [1.54, 1.807) is 0 Å². The highest BCUT2D eigenvalue weighted by molar-refractivity contribution is 7.09. The molecule has 33 heavy (non-hydrogen) atoms. The first-order chi connectivity index (χ1) is 16.3. The summed E-state index contributed by atoms with van der Waals surface area (Å²) in [5, 5.41) is 5.66. The number of nitrogens with one attached hydrogen (secondary N) is 1. The normalized spacial score (nSPS) is 15.5. The van der Waals surface area contributed by atoms with Crippen LogP contribution in [0, 0.1) is 0 Å². The van der Waals surface area contributed by atoms with Crippen LogP contribution in [0.25, 0.3) is 0 Å². The standard InChI is InChI=1S/C28H30N4S/c1-2-15-30-25(8-1)19-29-18-22-11-13-23(14-12-22)20-32(21-26-9-5-17-33-26)27-10-3-6-24-7-4-16-31-28(24)27/h1-2,4-5,7-9,11-17,27,29H,3,6,10,18-21H2. The lowest BCUT2D eigenvalue weighted by molar-refractivity contribution is 0.158. The first-order valence-corrected chi connectivity index (χ1v) is 12.6. The SMILES string of the molecule is c1ccc(CNCc2ccc(CN(Cc3cccs3)C3CCCc4cccnc43)cc2)nc1. The Bertz CT molecular complexity index is 1130. The summed E-state index contributed by atoms with van der Waals surface area (Å²) in [6, 6.07) is 24.2. The number of hydrogen-bond acceptors (Lipinski definition) is 5. The minimum atomic E-state index is 0.372. The number of aryl methyl sites for hydroxylation is 1. The summed E-state index contributed by atoms with van der Waals surface area (Å²) in [5.74, 6) is 0. The number of fused-ring (bicyclic) bond motifs is 1. The Kier molecular flexibility index (Phi) is 7.21. The lowest BCUT2D eigenvalue weighted by Crippen LogP contribution is -2.31. The van der Waals surface area contributed by atoms with E-state index >= 15 is 0 Å². The lowest BCUT2D eigenvalue weighted by atomic mass is 9.90. The monoisotopic (exact) mass is 454 g/mol. The molecule has 5 rings (SSSR count). The van der Waals surface area contributed by atoms with Gasteiger partial charge in [0.15, 0.2) is 0 Å². The minimum Gasteiger partial charge on any atom is -0.307 e. The summed E-state index contributed by atoms with van der Waals surface area (Å²) in [4.78, 5) is 13.2. The molecule has 4 nitrogen and oxygen atoms in total. The molecule has 0 saturated heterocycles. The summed E-state index contributed by atoms with van der Waals surface area (Å²) in [7, 11) is 0. The molecule has 168 valence electrons. The maximum Gasteiger partial charge on any atom is 0.0607 e. The van der Waals surface area contributed by atoms with Gasteiger partial charge in [-0.1, -0.05) is 42.5 Å². The van der Waals surface area contributed by atoms with Gasteiger partial charge >= 0.3 is 0 Å². The molecule has 0 saturated carbocycles. The van der Waals surface area contributed by atoms with E-state index in [4.69, 9.17) is 4.98 Å². The fourth-order valence-electron chi connectivity index (χ4n) is 4.65. The third-order valence-corrected chi connectivity index (χ3v) is 7.18. The third-order valence-electron chi connectivity index (χ3n) is 6.32. The number of nitrogens with zero attached hydrogens (tertiary/aromatic N) is 3. The second-order valence-electron chi connectivity index (χ2n) is 8.68. The Balaban J connectivity index is 1.27. The predicted molar refractivity (Wildman–Crippen MR) is 135 cm³/mol. The summed E-state index contributed by atoms with van der Waals surface area (Å²) < 4.78 is 0. The number of benzene rings is 1. The highest BCUT2D eigenvalue weighted by Crippen LogP contribution is 2.35. The fraction of sp³-hybridized carbons (Fsp3) is 0.286. The highest BCUT2D eigenvalue weighted by Gasteiger charge is 2.27. The average molecular weight is 455 g/mol. The predicted octanol–water partition coefficient (Wildman–Crippen LogP) is 5.91. The Labute approximate surface area is 200 Å². The van der Waals surface area contributed by atoms with Gasteiger partial charge in [0, 0.05) is 43.4 Å². The van der Waals surface area contributed by atoms with Gasteiger partial charge in [-0.15, -0.1) is 11.3 Å². The van der Waals surface area contributed by atoms with Gasteiger partial charge in [0.25, 0.3) is 0 Å². The van der Waals surface area contributed by atoms with Crippen LogP contribution in [0.2, 0.25) is 0 Å². The van der Waals surface area contributed by atoms with Crippen molar-refractivity contribution in [1.29, 1.82) is 0 Å². The lowest BCUT2D eigenvalue weighted by Gasteiger charge is -2.35. The Morgan fingerprint density at radius 3 is 2.55 bits per heavy atom. The number of thiophene rings is 1. The molecule has 0 spiro atoms. The van der Waals surface area contributed by atoms with Crippen molar-refractivity contribution in [3.05, 3.63) is 117 Å². The topological polar surface area (TPSA) is 41.0 Å². The van der Waals surface area contributed by atoms with Crippen LogP contribution in [-0.4, -0.2) is 14.9 Å². The Morgan fingerprint density at radius 1 is 0.848 bits per heavy atom. The van der Waals surface area contributed by atoms with Crippen LogP contribution in [0.5, 0.6) is 0 Å². The van der Waals surface area contributed by atoms with Gasteiger partial charge in [-0.05, 0) is 65.6 Å². The van der Waals surface area contributed by atoms with E-state index in [0.29, 0.717) is 6.04 Å². The first-order valence-electron chi connectivity index (χ1n) is 11.7. The van der Waals surface area contributed by atoms with Gasteiger partial charge in [0.05, 0.1) is 17.4 Å². The molecule has 0 radical (unpaired) electrons. The molecule has 0 amide bonds. The van der Waals surface area contributed by atoms with Crippen LogP contribution < -0.4 is 5.32 Å². The first kappa shape index (κ1) is 22.0. The molecule has 1 aliphatic rings. The van der Waals surface area contributed by atoms with Crippen molar-refractivity contribution in [2.24, 2.45) is 0 Å². The second kappa shape index (κ2) is 10.8. The molecular formula is C28H30N4S. The molecular weight excluding hydrogens is 424 g/mol. The molecule has 0 aliphatic heterocycles. The van der Waals surface area contributed by atoms with E-state index in [2.05, 4.69) is 75.2 Å². The fourth-order valence-corrected chi connectivity index (χ4v) is 5.38. The number of rotatable bonds is 9.